The molecule has 0 radical (unpaired) electrons. The van der Waals surface area contributed by atoms with Crippen molar-refractivity contribution in [2.75, 3.05) is 13.2 Å². The van der Waals surface area contributed by atoms with Gasteiger partial charge < -0.3 is 9.47 Å². The molecule has 0 aromatic heterocycles. The summed E-state index contributed by atoms with van der Waals surface area (Å²) in [4.78, 5) is 23.6. The van der Waals surface area contributed by atoms with Gasteiger partial charge in [0.25, 0.3) is 10.0 Å². The predicted molar refractivity (Wildman–Crippen MR) is 81.2 cm³/mol. The van der Waals surface area contributed by atoms with Gasteiger partial charge in [-0.2, -0.15) is 4.31 Å². The molecule has 126 valence electrons. The fourth-order valence-electron chi connectivity index (χ4n) is 2.31. The fourth-order valence-corrected chi connectivity index (χ4v) is 3.75. The quantitative estimate of drug-likeness (QED) is 0.732. The molecule has 1 aliphatic heterocycles. The molecule has 0 bridgehead atoms. The van der Waals surface area contributed by atoms with E-state index in [0.29, 0.717) is 4.31 Å². The number of benzene rings is 1. The van der Waals surface area contributed by atoms with Crippen LogP contribution in [0.5, 0.6) is 0 Å². The van der Waals surface area contributed by atoms with E-state index in [2.05, 4.69) is 0 Å². The Kier molecular flexibility index (Phi) is 5.25. The zero-order valence-corrected chi connectivity index (χ0v) is 13.8. The minimum atomic E-state index is -4.17. The summed E-state index contributed by atoms with van der Waals surface area (Å²) in [5.74, 6) is -0.801. The van der Waals surface area contributed by atoms with Gasteiger partial charge >= 0.3 is 12.1 Å². The summed E-state index contributed by atoms with van der Waals surface area (Å²) in [7, 11) is -4.17. The normalized spacial score (nSPS) is 17.9. The van der Waals surface area contributed by atoms with Crippen molar-refractivity contribution in [1.29, 1.82) is 0 Å². The van der Waals surface area contributed by atoms with E-state index in [4.69, 9.17) is 9.47 Å². The van der Waals surface area contributed by atoms with Gasteiger partial charge in [0.05, 0.1) is 11.5 Å². The number of hydrogen-bond acceptors (Lipinski definition) is 6. The Morgan fingerprint density at radius 2 is 1.96 bits per heavy atom. The van der Waals surface area contributed by atoms with Gasteiger partial charge in [0, 0.05) is 0 Å². The first kappa shape index (κ1) is 17.3. The number of carbonyl (C=O) groups excluding carboxylic acids is 2. The summed E-state index contributed by atoms with van der Waals surface area (Å²) >= 11 is 0. The minimum absolute atomic E-state index is 0.0644. The van der Waals surface area contributed by atoms with Gasteiger partial charge in [-0.05, 0) is 31.0 Å². The Morgan fingerprint density at radius 3 is 2.52 bits per heavy atom. The highest BCUT2D eigenvalue weighted by atomic mass is 32.2. The lowest BCUT2D eigenvalue weighted by molar-refractivity contribution is -0.146. The molecule has 1 aliphatic rings. The van der Waals surface area contributed by atoms with Crippen LogP contribution >= 0.6 is 0 Å². The van der Waals surface area contributed by atoms with Crippen LogP contribution < -0.4 is 0 Å². The van der Waals surface area contributed by atoms with Crippen LogP contribution in [0.4, 0.5) is 4.79 Å². The van der Waals surface area contributed by atoms with Crippen molar-refractivity contribution < 1.29 is 27.5 Å². The third-order valence-electron chi connectivity index (χ3n) is 3.41. The smallest absolute Gasteiger partial charge is 0.424 e. The molecular formula is C15H19NO6S. The number of cyclic esters (lactones) is 1. The monoisotopic (exact) mass is 341 g/mol. The summed E-state index contributed by atoms with van der Waals surface area (Å²) in [6, 6.07) is 4.94. The molecule has 0 N–H and O–H groups in total. The van der Waals surface area contributed by atoms with E-state index in [1.54, 1.807) is 19.1 Å². The Bertz CT molecular complexity index is 682. The van der Waals surface area contributed by atoms with E-state index >= 15 is 0 Å². The topological polar surface area (TPSA) is 90.0 Å². The van der Waals surface area contributed by atoms with Crippen LogP contribution in [0.15, 0.2) is 29.2 Å². The summed E-state index contributed by atoms with van der Waals surface area (Å²) in [5.41, 5.74) is 0.998. The predicted octanol–water partition coefficient (Wildman–Crippen LogP) is 1.71. The lowest BCUT2D eigenvalue weighted by atomic mass is 10.1. The van der Waals surface area contributed by atoms with Crippen molar-refractivity contribution in [3.8, 4) is 0 Å². The van der Waals surface area contributed by atoms with Gasteiger partial charge in [-0.1, -0.05) is 25.5 Å². The Morgan fingerprint density at radius 1 is 1.30 bits per heavy atom. The lowest BCUT2D eigenvalue weighted by Gasteiger charge is -2.19. The van der Waals surface area contributed by atoms with Crippen molar-refractivity contribution in [2.45, 2.75) is 37.6 Å². The minimum Gasteiger partial charge on any atom is -0.464 e. The molecular weight excluding hydrogens is 322 g/mol. The Hall–Kier alpha value is -2.09. The number of esters is 1. The molecule has 0 aliphatic carbocycles. The molecule has 0 unspecified atom stereocenters. The molecule has 23 heavy (non-hydrogen) atoms. The standard InChI is InChI=1S/C15H19NO6S/c1-3-5-11-6-8-12(9-7-11)23(19,20)16-13(10-22-15(16)18)14(17)21-4-2/h6-9,13H,3-5,10H2,1-2H3/t13-/m0/s1. The molecule has 1 fully saturated rings. The first-order chi connectivity index (χ1) is 10.9. The van der Waals surface area contributed by atoms with Crippen LogP contribution in [-0.4, -0.2) is 44.0 Å². The third-order valence-corrected chi connectivity index (χ3v) is 5.19. The van der Waals surface area contributed by atoms with Crippen molar-refractivity contribution in [1.82, 2.24) is 4.31 Å². The summed E-state index contributed by atoms with van der Waals surface area (Å²) in [5, 5.41) is 0. The number of sulfonamides is 1. The Labute approximate surface area is 135 Å². The van der Waals surface area contributed by atoms with Gasteiger partial charge in [-0.3, -0.25) is 0 Å². The van der Waals surface area contributed by atoms with Crippen molar-refractivity contribution in [3.63, 3.8) is 0 Å². The summed E-state index contributed by atoms with van der Waals surface area (Å²) in [6.45, 7) is 3.36. The van der Waals surface area contributed by atoms with Crippen LogP contribution in [0.1, 0.15) is 25.8 Å². The highest BCUT2D eigenvalue weighted by Crippen LogP contribution is 2.25. The van der Waals surface area contributed by atoms with Gasteiger partial charge in [0.15, 0.2) is 6.04 Å². The van der Waals surface area contributed by atoms with Crippen molar-refractivity contribution >= 4 is 22.1 Å². The molecule has 2 rings (SSSR count). The van der Waals surface area contributed by atoms with Crippen LogP contribution in [-0.2, 0) is 30.7 Å². The number of aryl methyl sites for hydroxylation is 1. The molecule has 8 heteroatoms. The highest BCUT2D eigenvalue weighted by molar-refractivity contribution is 7.89. The zero-order chi connectivity index (χ0) is 17.0. The lowest BCUT2D eigenvalue weighted by Crippen LogP contribution is -2.44. The third kappa shape index (κ3) is 3.47. The van der Waals surface area contributed by atoms with Crippen LogP contribution in [0.3, 0.4) is 0 Å². The van der Waals surface area contributed by atoms with Crippen molar-refractivity contribution in [2.24, 2.45) is 0 Å². The number of carbonyl (C=O) groups is 2. The van der Waals surface area contributed by atoms with Crippen LogP contribution in [0.2, 0.25) is 0 Å². The molecule has 1 aromatic carbocycles. The van der Waals surface area contributed by atoms with Crippen LogP contribution in [0, 0.1) is 0 Å². The van der Waals surface area contributed by atoms with E-state index in [1.165, 1.54) is 12.1 Å². The number of amides is 1. The van der Waals surface area contributed by atoms with Crippen LogP contribution in [0.25, 0.3) is 0 Å². The van der Waals surface area contributed by atoms with E-state index < -0.39 is 28.1 Å². The Balaban J connectivity index is 2.32. The molecule has 7 nitrogen and oxygen atoms in total. The molecule has 1 amide bonds. The second-order valence-corrected chi connectivity index (χ2v) is 6.85. The average Bonchev–Trinajstić information content (AvgIpc) is 2.91. The second-order valence-electron chi connectivity index (χ2n) is 5.04. The molecule has 0 spiro atoms. The first-order valence-electron chi connectivity index (χ1n) is 7.38. The second kappa shape index (κ2) is 6.99. The molecule has 1 saturated heterocycles. The summed E-state index contributed by atoms with van der Waals surface area (Å²) < 4.78 is 35.3. The first-order valence-corrected chi connectivity index (χ1v) is 8.82. The van der Waals surface area contributed by atoms with E-state index in [1.807, 2.05) is 6.92 Å². The van der Waals surface area contributed by atoms with Gasteiger partial charge in [-0.25, -0.2) is 18.0 Å². The largest absolute Gasteiger partial charge is 0.464 e. The summed E-state index contributed by atoms with van der Waals surface area (Å²) in [6.07, 6.45) is 0.702. The highest BCUT2D eigenvalue weighted by Gasteiger charge is 2.47. The molecule has 0 saturated carbocycles. The van der Waals surface area contributed by atoms with Gasteiger partial charge in [0.1, 0.15) is 6.61 Å². The SMILES string of the molecule is CCCc1ccc(S(=O)(=O)N2C(=O)OC[C@H]2C(=O)OCC)cc1. The number of hydrogen-bond donors (Lipinski definition) is 0. The fraction of sp³-hybridized carbons (Fsp3) is 0.467. The molecule has 1 atom stereocenters. The van der Waals surface area contributed by atoms with Crippen molar-refractivity contribution in [3.05, 3.63) is 29.8 Å². The molecule has 1 heterocycles. The number of ether oxygens (including phenoxy) is 2. The maximum Gasteiger partial charge on any atom is 0.424 e. The van der Waals surface area contributed by atoms with E-state index in [0.717, 1.165) is 18.4 Å². The van der Waals surface area contributed by atoms with Gasteiger partial charge in [0.2, 0.25) is 0 Å². The van der Waals surface area contributed by atoms with Gasteiger partial charge in [-0.15, -0.1) is 0 Å². The zero-order valence-electron chi connectivity index (χ0n) is 13.0. The average molecular weight is 341 g/mol. The number of nitrogens with zero attached hydrogens (tertiary/aromatic N) is 1. The van der Waals surface area contributed by atoms with E-state index in [-0.39, 0.29) is 18.1 Å². The maximum absolute atomic E-state index is 12.7. The van der Waals surface area contributed by atoms with E-state index in [9.17, 15) is 18.0 Å². The maximum atomic E-state index is 12.7. The molecule has 1 aromatic rings. The number of rotatable bonds is 6.